The first-order chi connectivity index (χ1) is 9.69. The predicted molar refractivity (Wildman–Crippen MR) is 79.0 cm³/mol. The second-order valence-corrected chi connectivity index (χ2v) is 4.50. The van der Waals surface area contributed by atoms with Gasteiger partial charge in [-0.25, -0.2) is 0 Å². The van der Waals surface area contributed by atoms with Crippen molar-refractivity contribution in [3.05, 3.63) is 18.2 Å². The summed E-state index contributed by atoms with van der Waals surface area (Å²) in [4.78, 5) is 11.7. The van der Waals surface area contributed by atoms with Crippen molar-refractivity contribution in [2.45, 2.75) is 33.1 Å². The van der Waals surface area contributed by atoms with Crippen LogP contribution < -0.4 is 14.2 Å². The van der Waals surface area contributed by atoms with Crippen molar-refractivity contribution in [2.75, 3.05) is 19.1 Å². The van der Waals surface area contributed by atoms with E-state index >= 15 is 0 Å². The smallest absolute Gasteiger partial charge is 0.311 e. The van der Waals surface area contributed by atoms with Gasteiger partial charge in [-0.05, 0) is 26.7 Å². The van der Waals surface area contributed by atoms with Gasteiger partial charge >= 0.3 is 5.97 Å². The molecule has 0 saturated heterocycles. The monoisotopic (exact) mass is 300 g/mol. The molecule has 0 aliphatic rings. The molecule has 0 atom stereocenters. The summed E-state index contributed by atoms with van der Waals surface area (Å²) in [6, 6.07) is 5.15. The molecule has 0 aromatic heterocycles. The molecule has 0 saturated carbocycles. The Kier molecular flexibility index (Phi) is 7.88. The number of unbranched alkanes of at least 4 members (excludes halogenated alkanes) is 1. The minimum Gasteiger partial charge on any atom is -0.494 e. The Hall–Kier alpha value is -1.42. The van der Waals surface area contributed by atoms with Crippen molar-refractivity contribution in [1.82, 2.24) is 0 Å². The molecule has 0 aliphatic carbocycles. The Morgan fingerprint density at radius 2 is 1.55 bits per heavy atom. The van der Waals surface area contributed by atoms with E-state index in [0.717, 1.165) is 12.8 Å². The van der Waals surface area contributed by atoms with Crippen LogP contribution in [0.25, 0.3) is 0 Å². The van der Waals surface area contributed by atoms with Gasteiger partial charge in [-0.2, -0.15) is 0 Å². The first kappa shape index (κ1) is 16.6. The summed E-state index contributed by atoms with van der Waals surface area (Å²) in [6.07, 6.45) is 1.89. The number of hydrogen-bond acceptors (Lipinski definition) is 4. The lowest BCUT2D eigenvalue weighted by Gasteiger charge is -2.11. The van der Waals surface area contributed by atoms with Crippen molar-refractivity contribution in [3.63, 3.8) is 0 Å². The Morgan fingerprint density at radius 3 is 2.05 bits per heavy atom. The van der Waals surface area contributed by atoms with Crippen molar-refractivity contribution in [2.24, 2.45) is 0 Å². The summed E-state index contributed by atoms with van der Waals surface area (Å²) >= 11 is 5.57. The molecule has 0 amide bonds. The van der Waals surface area contributed by atoms with Crippen molar-refractivity contribution in [1.29, 1.82) is 0 Å². The molecule has 4 nitrogen and oxygen atoms in total. The highest BCUT2D eigenvalue weighted by Gasteiger charge is 2.08. The van der Waals surface area contributed by atoms with E-state index in [1.54, 1.807) is 18.2 Å². The SMILES string of the molecule is CCOc1cc(OCC)cc(OC(=O)CCCCCl)c1. The van der Waals surface area contributed by atoms with Gasteiger partial charge in [0.15, 0.2) is 0 Å². The maximum atomic E-state index is 11.7. The Bertz CT molecular complexity index is 396. The number of alkyl halides is 1. The van der Waals surface area contributed by atoms with Gasteiger partial charge in [-0.1, -0.05) is 0 Å². The Balaban J connectivity index is 2.69. The zero-order valence-corrected chi connectivity index (χ0v) is 12.7. The van der Waals surface area contributed by atoms with Crippen LogP contribution in [-0.2, 0) is 4.79 Å². The average molecular weight is 301 g/mol. The predicted octanol–water partition coefficient (Wildman–Crippen LogP) is 3.80. The van der Waals surface area contributed by atoms with E-state index in [1.807, 2.05) is 13.8 Å². The third kappa shape index (κ3) is 6.15. The lowest BCUT2D eigenvalue weighted by atomic mass is 10.2. The lowest BCUT2D eigenvalue weighted by Crippen LogP contribution is -2.08. The quantitative estimate of drug-likeness (QED) is 0.301. The largest absolute Gasteiger partial charge is 0.494 e. The van der Waals surface area contributed by atoms with E-state index in [4.69, 9.17) is 25.8 Å². The van der Waals surface area contributed by atoms with E-state index in [9.17, 15) is 4.79 Å². The fourth-order valence-electron chi connectivity index (χ4n) is 1.65. The minimum absolute atomic E-state index is 0.272. The minimum atomic E-state index is -0.272. The first-order valence-electron chi connectivity index (χ1n) is 6.87. The van der Waals surface area contributed by atoms with Gasteiger partial charge in [-0.3, -0.25) is 4.79 Å². The van der Waals surface area contributed by atoms with Gasteiger partial charge in [0.2, 0.25) is 0 Å². The highest BCUT2D eigenvalue weighted by molar-refractivity contribution is 6.17. The normalized spacial score (nSPS) is 10.2. The van der Waals surface area contributed by atoms with Gasteiger partial charge in [0.25, 0.3) is 0 Å². The van der Waals surface area contributed by atoms with Crippen molar-refractivity contribution >= 4 is 17.6 Å². The zero-order valence-electron chi connectivity index (χ0n) is 12.0. The van der Waals surface area contributed by atoms with Crippen LogP contribution in [0.3, 0.4) is 0 Å². The maximum absolute atomic E-state index is 11.7. The topological polar surface area (TPSA) is 44.8 Å². The highest BCUT2D eigenvalue weighted by atomic mass is 35.5. The van der Waals surface area contributed by atoms with E-state index < -0.39 is 0 Å². The summed E-state index contributed by atoms with van der Waals surface area (Å²) in [5, 5.41) is 0. The van der Waals surface area contributed by atoms with Gasteiger partial charge in [0, 0.05) is 30.5 Å². The van der Waals surface area contributed by atoms with E-state index in [0.29, 0.717) is 42.8 Å². The van der Waals surface area contributed by atoms with Crippen LogP contribution in [-0.4, -0.2) is 25.1 Å². The van der Waals surface area contributed by atoms with Crippen LogP contribution in [0.2, 0.25) is 0 Å². The van der Waals surface area contributed by atoms with Crippen LogP contribution in [0.4, 0.5) is 0 Å². The van der Waals surface area contributed by atoms with Gasteiger partial charge in [0.05, 0.1) is 13.2 Å². The molecule has 20 heavy (non-hydrogen) atoms. The number of carbonyl (C=O) groups is 1. The van der Waals surface area contributed by atoms with Gasteiger partial charge in [0.1, 0.15) is 17.2 Å². The maximum Gasteiger partial charge on any atom is 0.311 e. The molecular formula is C15H21ClO4. The fraction of sp³-hybridized carbons (Fsp3) is 0.533. The number of ether oxygens (including phenoxy) is 3. The second kappa shape index (κ2) is 9.48. The molecule has 0 radical (unpaired) electrons. The summed E-state index contributed by atoms with van der Waals surface area (Å²) in [5.41, 5.74) is 0. The zero-order chi connectivity index (χ0) is 14.8. The standard InChI is InChI=1S/C15H21ClO4/c1-3-18-12-9-13(19-4-2)11-14(10-12)20-15(17)7-5-6-8-16/h9-11H,3-8H2,1-2H3. The number of benzene rings is 1. The molecule has 0 bridgehead atoms. The Morgan fingerprint density at radius 1 is 1.00 bits per heavy atom. The number of halogens is 1. The molecule has 1 aromatic rings. The second-order valence-electron chi connectivity index (χ2n) is 4.13. The molecular weight excluding hydrogens is 280 g/mol. The van der Waals surface area contributed by atoms with Crippen LogP contribution in [0.15, 0.2) is 18.2 Å². The summed E-state index contributed by atoms with van der Waals surface area (Å²) in [6.45, 7) is 4.87. The molecule has 112 valence electrons. The van der Waals surface area contributed by atoms with Crippen LogP contribution >= 0.6 is 11.6 Å². The first-order valence-corrected chi connectivity index (χ1v) is 7.40. The third-order valence-electron chi connectivity index (χ3n) is 2.47. The van der Waals surface area contributed by atoms with Crippen LogP contribution in [0, 0.1) is 0 Å². The third-order valence-corrected chi connectivity index (χ3v) is 2.74. The number of carbonyl (C=O) groups excluding carboxylic acids is 1. The summed E-state index contributed by atoms with van der Waals surface area (Å²) in [7, 11) is 0. The average Bonchev–Trinajstić information content (AvgIpc) is 2.39. The van der Waals surface area contributed by atoms with E-state index in [1.165, 1.54) is 0 Å². The molecule has 0 unspecified atom stereocenters. The number of esters is 1. The van der Waals surface area contributed by atoms with Crippen LogP contribution in [0.5, 0.6) is 17.2 Å². The number of rotatable bonds is 9. The van der Waals surface area contributed by atoms with Crippen molar-refractivity contribution in [3.8, 4) is 17.2 Å². The molecule has 5 heteroatoms. The molecule has 0 aliphatic heterocycles. The van der Waals surface area contributed by atoms with Gasteiger partial charge in [-0.15, -0.1) is 11.6 Å². The van der Waals surface area contributed by atoms with E-state index in [-0.39, 0.29) is 5.97 Å². The molecule has 0 spiro atoms. The lowest BCUT2D eigenvalue weighted by molar-refractivity contribution is -0.134. The summed E-state index contributed by atoms with van der Waals surface area (Å²) in [5.74, 6) is 1.98. The fourth-order valence-corrected chi connectivity index (χ4v) is 1.84. The highest BCUT2D eigenvalue weighted by Crippen LogP contribution is 2.28. The Labute approximate surface area is 125 Å². The molecule has 1 aromatic carbocycles. The number of hydrogen-bond donors (Lipinski definition) is 0. The summed E-state index contributed by atoms with van der Waals surface area (Å²) < 4.78 is 16.1. The molecule has 0 N–H and O–H groups in total. The van der Waals surface area contributed by atoms with Crippen LogP contribution in [0.1, 0.15) is 33.1 Å². The molecule has 0 heterocycles. The van der Waals surface area contributed by atoms with Gasteiger partial charge < -0.3 is 14.2 Å². The van der Waals surface area contributed by atoms with E-state index in [2.05, 4.69) is 0 Å². The molecule has 1 rings (SSSR count). The molecule has 0 fully saturated rings. The van der Waals surface area contributed by atoms with Crippen molar-refractivity contribution < 1.29 is 19.0 Å².